The molecule has 4 nitrogen and oxygen atoms in total. The lowest BCUT2D eigenvalue weighted by molar-refractivity contribution is -0.131. The summed E-state index contributed by atoms with van der Waals surface area (Å²) in [6.45, 7) is 4.67. The molecule has 1 unspecified atom stereocenters. The van der Waals surface area contributed by atoms with E-state index in [4.69, 9.17) is 0 Å². The highest BCUT2D eigenvalue weighted by molar-refractivity contribution is 9.10. The summed E-state index contributed by atoms with van der Waals surface area (Å²) in [5.41, 5.74) is 2.63. The fraction of sp³-hybridized carbons (Fsp3) is 0.360. The number of allylic oxidation sites excluding steroid dienone is 1. The Morgan fingerprint density at radius 2 is 1.70 bits per heavy atom. The van der Waals surface area contributed by atoms with Crippen LogP contribution in [0.3, 0.4) is 0 Å². The number of nitrogens with one attached hydrogen (secondary N) is 1. The van der Waals surface area contributed by atoms with E-state index in [1.54, 1.807) is 18.0 Å². The van der Waals surface area contributed by atoms with E-state index in [0.717, 1.165) is 47.0 Å². The van der Waals surface area contributed by atoms with Crippen molar-refractivity contribution in [3.8, 4) is 0 Å². The van der Waals surface area contributed by atoms with Crippen molar-refractivity contribution in [3.63, 3.8) is 0 Å². The first-order valence-corrected chi connectivity index (χ1v) is 11.3. The summed E-state index contributed by atoms with van der Waals surface area (Å²) in [5, 5.41) is 2.96. The molecule has 0 bridgehead atoms. The smallest absolute Gasteiger partial charge is 0.243 e. The van der Waals surface area contributed by atoms with Gasteiger partial charge in [-0.2, -0.15) is 0 Å². The molecule has 2 aromatic carbocycles. The van der Waals surface area contributed by atoms with Gasteiger partial charge in [0.25, 0.3) is 0 Å². The Morgan fingerprint density at radius 1 is 1.03 bits per heavy atom. The van der Waals surface area contributed by atoms with Gasteiger partial charge in [-0.3, -0.25) is 9.59 Å². The van der Waals surface area contributed by atoms with Crippen molar-refractivity contribution in [3.05, 3.63) is 70.7 Å². The zero-order valence-electron chi connectivity index (χ0n) is 18.0. The second-order valence-corrected chi connectivity index (χ2v) is 8.33. The van der Waals surface area contributed by atoms with E-state index in [2.05, 4.69) is 28.2 Å². The van der Waals surface area contributed by atoms with E-state index >= 15 is 0 Å². The van der Waals surface area contributed by atoms with Crippen LogP contribution >= 0.6 is 15.9 Å². The van der Waals surface area contributed by atoms with Crippen molar-refractivity contribution in [2.24, 2.45) is 5.92 Å². The lowest BCUT2D eigenvalue weighted by Crippen LogP contribution is -2.41. The Morgan fingerprint density at radius 3 is 2.33 bits per heavy atom. The fourth-order valence-corrected chi connectivity index (χ4v) is 3.44. The second-order valence-electron chi connectivity index (χ2n) is 7.42. The maximum Gasteiger partial charge on any atom is 0.243 e. The largest absolute Gasteiger partial charge is 0.355 e. The summed E-state index contributed by atoms with van der Waals surface area (Å²) >= 11 is 3.44. The fourth-order valence-electron chi connectivity index (χ4n) is 3.18. The first-order valence-electron chi connectivity index (χ1n) is 10.5. The third-order valence-corrected chi connectivity index (χ3v) is 5.60. The first kappa shape index (κ1) is 23.9. The van der Waals surface area contributed by atoms with E-state index in [9.17, 15) is 9.59 Å². The molecule has 0 fully saturated rings. The Bertz CT molecular complexity index is 847. The summed E-state index contributed by atoms with van der Waals surface area (Å²) in [5.74, 6) is -1.38. The van der Waals surface area contributed by atoms with E-state index in [0.29, 0.717) is 6.54 Å². The quantitative estimate of drug-likeness (QED) is 0.350. The molecular formula is C25H31BrN2O2. The highest BCUT2D eigenvalue weighted by Crippen LogP contribution is 2.22. The Balaban J connectivity index is 2.22. The molecular weight excluding hydrogens is 440 g/mol. The van der Waals surface area contributed by atoms with Crippen LogP contribution in [0.25, 0.3) is 5.57 Å². The summed E-state index contributed by atoms with van der Waals surface area (Å²) in [6, 6.07) is 17.2. The number of carbonyl (C=O) groups is 2. The Kier molecular flexibility index (Phi) is 9.81. The number of halogens is 1. The van der Waals surface area contributed by atoms with Crippen molar-refractivity contribution < 1.29 is 9.59 Å². The van der Waals surface area contributed by atoms with Crippen molar-refractivity contribution in [2.45, 2.75) is 39.5 Å². The van der Waals surface area contributed by atoms with Gasteiger partial charge in [0, 0.05) is 23.8 Å². The third-order valence-electron chi connectivity index (χ3n) is 5.07. The number of hydrogen-bond acceptors (Lipinski definition) is 2. The molecule has 2 aromatic rings. The molecule has 0 saturated carbocycles. The van der Waals surface area contributed by atoms with Gasteiger partial charge in [-0.15, -0.1) is 0 Å². The zero-order chi connectivity index (χ0) is 21.9. The normalized spacial score (nSPS) is 12.3. The number of para-hydroxylation sites is 1. The molecule has 0 spiro atoms. The zero-order valence-corrected chi connectivity index (χ0v) is 19.6. The van der Waals surface area contributed by atoms with Crippen LogP contribution in [-0.2, 0) is 9.59 Å². The van der Waals surface area contributed by atoms with Crippen LogP contribution in [-0.4, -0.2) is 25.4 Å². The molecule has 0 radical (unpaired) electrons. The average Bonchev–Trinajstić information content (AvgIpc) is 2.77. The summed E-state index contributed by atoms with van der Waals surface area (Å²) < 4.78 is 0.986. The first-order chi connectivity index (χ1) is 14.4. The molecule has 5 heteroatoms. The molecule has 0 saturated heterocycles. The van der Waals surface area contributed by atoms with Gasteiger partial charge in [0.05, 0.1) is 0 Å². The standard InChI is InChI=1S/C25H31BrN2O2/c1-4-5-6-10-17-27-24(29)23(18-19(2)20-13-15-21(26)16-14-20)25(30)28(3)22-11-8-7-9-12-22/h7-9,11-16,18,23H,4-6,10,17H2,1-3H3,(H,27,29)/b19-18+. The SMILES string of the molecule is CCCCCCNC(=O)C(/C=C(\C)c1ccc(Br)cc1)C(=O)N(C)c1ccccc1. The van der Waals surface area contributed by atoms with Crippen LogP contribution in [0.15, 0.2) is 65.1 Å². The van der Waals surface area contributed by atoms with Gasteiger partial charge < -0.3 is 10.2 Å². The minimum Gasteiger partial charge on any atom is -0.355 e. The number of unbranched alkanes of at least 4 members (excludes halogenated alkanes) is 3. The van der Waals surface area contributed by atoms with Gasteiger partial charge in [0.15, 0.2) is 0 Å². The Labute approximate surface area is 188 Å². The van der Waals surface area contributed by atoms with Gasteiger partial charge in [-0.1, -0.05) is 78.5 Å². The van der Waals surface area contributed by atoms with Crippen LogP contribution in [0.4, 0.5) is 5.69 Å². The maximum absolute atomic E-state index is 13.3. The van der Waals surface area contributed by atoms with Crippen LogP contribution in [0.5, 0.6) is 0 Å². The van der Waals surface area contributed by atoms with Gasteiger partial charge in [0.2, 0.25) is 11.8 Å². The second kappa shape index (κ2) is 12.3. The van der Waals surface area contributed by atoms with Crippen LogP contribution in [0.2, 0.25) is 0 Å². The van der Waals surface area contributed by atoms with Crippen molar-refractivity contribution in [1.29, 1.82) is 0 Å². The summed E-state index contributed by atoms with van der Waals surface area (Å²) in [4.78, 5) is 27.8. The van der Waals surface area contributed by atoms with Crippen molar-refractivity contribution in [2.75, 3.05) is 18.5 Å². The van der Waals surface area contributed by atoms with Crippen LogP contribution in [0, 0.1) is 5.92 Å². The monoisotopic (exact) mass is 470 g/mol. The van der Waals surface area contributed by atoms with Crippen LogP contribution < -0.4 is 10.2 Å². The molecule has 0 heterocycles. The molecule has 0 aliphatic carbocycles. The number of rotatable bonds is 10. The van der Waals surface area contributed by atoms with E-state index < -0.39 is 5.92 Å². The van der Waals surface area contributed by atoms with E-state index in [-0.39, 0.29) is 11.8 Å². The predicted molar refractivity (Wildman–Crippen MR) is 128 cm³/mol. The molecule has 1 atom stereocenters. The summed E-state index contributed by atoms with van der Waals surface area (Å²) in [7, 11) is 1.71. The van der Waals surface area contributed by atoms with E-state index in [1.807, 2.05) is 61.5 Å². The number of amides is 2. The highest BCUT2D eigenvalue weighted by Gasteiger charge is 2.28. The number of carbonyl (C=O) groups excluding carboxylic acids is 2. The van der Waals surface area contributed by atoms with Crippen molar-refractivity contribution in [1.82, 2.24) is 5.32 Å². The maximum atomic E-state index is 13.3. The number of anilines is 1. The highest BCUT2D eigenvalue weighted by atomic mass is 79.9. The minimum atomic E-state index is -0.884. The van der Waals surface area contributed by atoms with Gasteiger partial charge in [-0.25, -0.2) is 0 Å². The lowest BCUT2D eigenvalue weighted by atomic mass is 9.98. The Hall–Kier alpha value is -2.40. The average molecular weight is 471 g/mol. The number of hydrogen-bond donors (Lipinski definition) is 1. The van der Waals surface area contributed by atoms with Gasteiger partial charge in [0.1, 0.15) is 5.92 Å². The summed E-state index contributed by atoms with van der Waals surface area (Å²) in [6.07, 6.45) is 6.06. The molecule has 160 valence electrons. The molecule has 0 aliphatic heterocycles. The molecule has 2 amide bonds. The molecule has 0 aromatic heterocycles. The van der Waals surface area contributed by atoms with E-state index in [1.165, 1.54) is 0 Å². The predicted octanol–water partition coefficient (Wildman–Crippen LogP) is 5.83. The van der Waals surface area contributed by atoms with Crippen LogP contribution in [0.1, 0.15) is 45.1 Å². The molecule has 1 N–H and O–H groups in total. The number of nitrogens with zero attached hydrogens (tertiary/aromatic N) is 1. The minimum absolute atomic E-state index is 0.247. The topological polar surface area (TPSA) is 49.4 Å². The molecule has 2 rings (SSSR count). The van der Waals surface area contributed by atoms with Gasteiger partial charge >= 0.3 is 0 Å². The lowest BCUT2D eigenvalue weighted by Gasteiger charge is -2.22. The molecule has 0 aliphatic rings. The molecule has 30 heavy (non-hydrogen) atoms. The third kappa shape index (κ3) is 7.13. The van der Waals surface area contributed by atoms with Gasteiger partial charge in [-0.05, 0) is 48.7 Å². The van der Waals surface area contributed by atoms with Crippen molar-refractivity contribution >= 4 is 39.0 Å². The number of benzene rings is 2.